The summed E-state index contributed by atoms with van der Waals surface area (Å²) in [4.78, 5) is 22.5. The normalized spacial score (nSPS) is 14.2. The number of nitrogens with one attached hydrogen (secondary N) is 1. The minimum Gasteiger partial charge on any atom is -0.309 e. The maximum Gasteiger partial charge on any atom is 0.259 e. The number of nitrogens with zero attached hydrogens (tertiary/aromatic N) is 4. The number of thiophene rings is 1. The second-order valence-corrected chi connectivity index (χ2v) is 8.13. The fraction of sp³-hybridized carbons (Fsp3) is 0.294. The molecule has 4 aromatic heterocycles. The molecule has 0 unspecified atom stereocenters. The Morgan fingerprint density at radius 3 is 3.12 bits per heavy atom. The number of thioether (sulfide) groups is 1. The lowest BCUT2D eigenvalue weighted by Gasteiger charge is -2.09. The lowest BCUT2D eigenvalue weighted by molar-refractivity contribution is 0.700. The van der Waals surface area contributed by atoms with Gasteiger partial charge >= 0.3 is 0 Å². The van der Waals surface area contributed by atoms with Crippen LogP contribution in [0.2, 0.25) is 0 Å². The summed E-state index contributed by atoms with van der Waals surface area (Å²) in [5, 5.41) is 9.95. The number of fused-ring (bicyclic) bond motifs is 4. The van der Waals surface area contributed by atoms with E-state index >= 15 is 0 Å². The van der Waals surface area contributed by atoms with Crippen molar-refractivity contribution in [3.8, 4) is 0 Å². The van der Waals surface area contributed by atoms with Crippen molar-refractivity contribution in [3.05, 3.63) is 51.0 Å². The van der Waals surface area contributed by atoms with Gasteiger partial charge in [0.05, 0.1) is 11.1 Å². The smallest absolute Gasteiger partial charge is 0.259 e. The Hall–Kier alpha value is -2.19. The van der Waals surface area contributed by atoms with E-state index in [4.69, 9.17) is 4.98 Å². The highest BCUT2D eigenvalue weighted by Crippen LogP contribution is 2.33. The molecule has 0 atom stereocenters. The van der Waals surface area contributed by atoms with Gasteiger partial charge in [-0.2, -0.15) is 0 Å². The van der Waals surface area contributed by atoms with E-state index in [0.717, 1.165) is 40.3 Å². The number of aromatic nitrogens is 5. The second kappa shape index (κ2) is 5.96. The molecule has 4 aromatic rings. The number of pyridine rings is 1. The van der Waals surface area contributed by atoms with E-state index in [1.54, 1.807) is 11.3 Å². The Labute approximate surface area is 151 Å². The van der Waals surface area contributed by atoms with Gasteiger partial charge in [0, 0.05) is 11.1 Å². The zero-order valence-corrected chi connectivity index (χ0v) is 15.0. The van der Waals surface area contributed by atoms with E-state index in [1.807, 2.05) is 28.8 Å². The Morgan fingerprint density at radius 1 is 1.24 bits per heavy atom. The zero-order chi connectivity index (χ0) is 16.8. The highest BCUT2D eigenvalue weighted by molar-refractivity contribution is 7.98. The molecule has 126 valence electrons. The third-order valence-electron chi connectivity index (χ3n) is 4.49. The van der Waals surface area contributed by atoms with Gasteiger partial charge in [0.25, 0.3) is 5.56 Å². The average molecular weight is 369 g/mol. The summed E-state index contributed by atoms with van der Waals surface area (Å²) in [6, 6.07) is 5.80. The summed E-state index contributed by atoms with van der Waals surface area (Å²) in [7, 11) is 0. The van der Waals surface area contributed by atoms with Crippen LogP contribution in [0.25, 0.3) is 15.9 Å². The van der Waals surface area contributed by atoms with Crippen LogP contribution >= 0.6 is 23.1 Å². The Kier molecular flexibility index (Phi) is 3.60. The van der Waals surface area contributed by atoms with E-state index in [-0.39, 0.29) is 5.56 Å². The molecule has 4 heterocycles. The van der Waals surface area contributed by atoms with Crippen LogP contribution in [-0.4, -0.2) is 24.6 Å². The van der Waals surface area contributed by atoms with Gasteiger partial charge in [-0.1, -0.05) is 17.8 Å². The van der Waals surface area contributed by atoms with Crippen LogP contribution < -0.4 is 5.56 Å². The number of H-pyrrole nitrogens is 1. The van der Waals surface area contributed by atoms with Crippen molar-refractivity contribution in [1.29, 1.82) is 0 Å². The van der Waals surface area contributed by atoms with Gasteiger partial charge in [0.1, 0.15) is 10.7 Å². The molecular formula is C17H15N5OS2. The summed E-state index contributed by atoms with van der Waals surface area (Å²) in [5.74, 6) is 1.25. The number of hydrogen-bond donors (Lipinski definition) is 1. The fourth-order valence-corrected chi connectivity index (χ4v) is 5.40. The van der Waals surface area contributed by atoms with Gasteiger partial charge in [0.2, 0.25) is 0 Å². The van der Waals surface area contributed by atoms with Crippen molar-refractivity contribution in [3.63, 3.8) is 0 Å². The topological polar surface area (TPSA) is 75.9 Å². The molecule has 1 aliphatic carbocycles. The fourth-order valence-electron chi connectivity index (χ4n) is 3.33. The van der Waals surface area contributed by atoms with Crippen molar-refractivity contribution in [2.45, 2.75) is 36.6 Å². The summed E-state index contributed by atoms with van der Waals surface area (Å²) in [5.41, 5.74) is 2.03. The van der Waals surface area contributed by atoms with E-state index in [9.17, 15) is 4.79 Å². The average Bonchev–Trinajstić information content (AvgIpc) is 3.21. The molecule has 0 saturated carbocycles. The largest absolute Gasteiger partial charge is 0.309 e. The van der Waals surface area contributed by atoms with Crippen molar-refractivity contribution < 1.29 is 0 Å². The van der Waals surface area contributed by atoms with Gasteiger partial charge in [-0.15, -0.1) is 21.5 Å². The van der Waals surface area contributed by atoms with Crippen LogP contribution in [0.3, 0.4) is 0 Å². The number of hydrogen-bond acceptors (Lipinski definition) is 6. The number of aromatic amines is 1. The Morgan fingerprint density at radius 2 is 2.16 bits per heavy atom. The highest BCUT2D eigenvalue weighted by atomic mass is 32.2. The molecule has 0 saturated heterocycles. The number of aryl methyl sites for hydroxylation is 2. The Bertz CT molecular complexity index is 1140. The third kappa shape index (κ3) is 2.56. The van der Waals surface area contributed by atoms with Crippen LogP contribution in [0, 0.1) is 0 Å². The lowest BCUT2D eigenvalue weighted by atomic mass is 9.97. The van der Waals surface area contributed by atoms with E-state index in [2.05, 4.69) is 15.2 Å². The summed E-state index contributed by atoms with van der Waals surface area (Å²) >= 11 is 3.20. The summed E-state index contributed by atoms with van der Waals surface area (Å²) in [6.07, 6.45) is 6.38. The van der Waals surface area contributed by atoms with E-state index < -0.39 is 0 Å². The lowest BCUT2D eigenvalue weighted by Crippen LogP contribution is -2.12. The molecule has 5 rings (SSSR count). The Balaban J connectivity index is 1.48. The first-order valence-electron chi connectivity index (χ1n) is 8.25. The first kappa shape index (κ1) is 15.1. The van der Waals surface area contributed by atoms with Crippen LogP contribution in [0.5, 0.6) is 0 Å². The van der Waals surface area contributed by atoms with Crippen molar-refractivity contribution in [2.75, 3.05) is 0 Å². The molecule has 0 radical (unpaired) electrons. The number of rotatable bonds is 3. The summed E-state index contributed by atoms with van der Waals surface area (Å²) in [6.45, 7) is 0. The second-order valence-electron chi connectivity index (χ2n) is 6.10. The van der Waals surface area contributed by atoms with Gasteiger partial charge in [-0.3, -0.25) is 9.20 Å². The first-order chi connectivity index (χ1) is 12.3. The van der Waals surface area contributed by atoms with Gasteiger partial charge in [0.15, 0.2) is 10.8 Å². The molecule has 1 N–H and O–H groups in total. The van der Waals surface area contributed by atoms with Gasteiger partial charge in [-0.25, -0.2) is 4.98 Å². The van der Waals surface area contributed by atoms with Crippen molar-refractivity contribution in [2.24, 2.45) is 0 Å². The maximum atomic E-state index is 12.6. The SMILES string of the molecule is O=c1[nH]c(CSc2nnc3ccccn23)nc2sc3c(c12)CCCC3. The maximum absolute atomic E-state index is 12.6. The van der Waals surface area contributed by atoms with E-state index in [1.165, 1.54) is 28.6 Å². The predicted molar refractivity (Wildman–Crippen MR) is 99.4 cm³/mol. The molecule has 6 nitrogen and oxygen atoms in total. The molecule has 0 fully saturated rings. The van der Waals surface area contributed by atoms with E-state index in [0.29, 0.717) is 11.6 Å². The van der Waals surface area contributed by atoms with Crippen LogP contribution in [-0.2, 0) is 18.6 Å². The summed E-state index contributed by atoms with van der Waals surface area (Å²) < 4.78 is 1.94. The third-order valence-corrected chi connectivity index (χ3v) is 6.63. The molecule has 8 heteroatoms. The predicted octanol–water partition coefficient (Wildman–Crippen LogP) is 3.20. The van der Waals surface area contributed by atoms with Crippen molar-refractivity contribution >= 4 is 39.0 Å². The van der Waals surface area contributed by atoms with Gasteiger partial charge < -0.3 is 4.98 Å². The molecule has 0 aliphatic heterocycles. The molecule has 25 heavy (non-hydrogen) atoms. The molecule has 0 spiro atoms. The van der Waals surface area contributed by atoms with Crippen molar-refractivity contribution in [1.82, 2.24) is 24.6 Å². The first-order valence-corrected chi connectivity index (χ1v) is 10.1. The molecule has 0 aromatic carbocycles. The molecule has 1 aliphatic rings. The highest BCUT2D eigenvalue weighted by Gasteiger charge is 2.19. The quantitative estimate of drug-likeness (QED) is 0.561. The molecule has 0 bridgehead atoms. The van der Waals surface area contributed by atoms with Crippen LogP contribution in [0.4, 0.5) is 0 Å². The van der Waals surface area contributed by atoms with Crippen LogP contribution in [0.1, 0.15) is 29.1 Å². The van der Waals surface area contributed by atoms with Crippen LogP contribution in [0.15, 0.2) is 34.3 Å². The minimum atomic E-state index is -0.00824. The van der Waals surface area contributed by atoms with Gasteiger partial charge in [-0.05, 0) is 43.4 Å². The minimum absolute atomic E-state index is 0.00824. The standard InChI is InChI=1S/C17H15N5OS2/c23-15-14-10-5-1-2-6-11(10)25-16(14)19-12(18-15)9-24-17-21-20-13-7-3-4-8-22(13)17/h3-4,7-8H,1-2,5-6,9H2,(H,18,19,23). The zero-order valence-electron chi connectivity index (χ0n) is 13.4. The molecular weight excluding hydrogens is 354 g/mol. The monoisotopic (exact) mass is 369 g/mol. The molecule has 0 amide bonds.